The van der Waals surface area contributed by atoms with Crippen molar-refractivity contribution in [2.45, 2.75) is 12.5 Å². The molecule has 1 rings (SSSR count). The highest BCUT2D eigenvalue weighted by atomic mass is 79.9. The molecule has 0 heterocycles. The van der Waals surface area contributed by atoms with E-state index in [4.69, 9.17) is 11.5 Å². The lowest BCUT2D eigenvalue weighted by Crippen LogP contribution is -2.38. The first kappa shape index (κ1) is 11.1. The second-order valence-corrected chi connectivity index (χ2v) is 3.86. The molecule has 76 valence electrons. The van der Waals surface area contributed by atoms with Crippen LogP contribution in [0.2, 0.25) is 0 Å². The van der Waals surface area contributed by atoms with Gasteiger partial charge in [0.05, 0.1) is 6.04 Å². The topological polar surface area (TPSA) is 69.1 Å². The highest BCUT2D eigenvalue weighted by Gasteiger charge is 2.12. The van der Waals surface area contributed by atoms with E-state index in [0.29, 0.717) is 5.56 Å². The molecule has 0 radical (unpaired) electrons. The Morgan fingerprint density at radius 1 is 1.57 bits per heavy atom. The smallest absolute Gasteiger partial charge is 0.234 e. The Balaban J connectivity index is 2.85. The van der Waals surface area contributed by atoms with Gasteiger partial charge in [-0.1, -0.05) is 15.9 Å². The summed E-state index contributed by atoms with van der Waals surface area (Å²) in [5.41, 5.74) is 10.8. The fraction of sp³-hybridized carbons (Fsp3) is 0.222. The van der Waals surface area contributed by atoms with Gasteiger partial charge in [0.15, 0.2) is 0 Å². The van der Waals surface area contributed by atoms with Gasteiger partial charge in [0.1, 0.15) is 5.82 Å². The molecule has 0 saturated heterocycles. The number of halogens is 2. The summed E-state index contributed by atoms with van der Waals surface area (Å²) < 4.78 is 13.9. The maximum atomic E-state index is 13.2. The van der Waals surface area contributed by atoms with Crippen molar-refractivity contribution in [3.05, 3.63) is 34.1 Å². The van der Waals surface area contributed by atoms with Gasteiger partial charge in [0.25, 0.3) is 0 Å². The van der Waals surface area contributed by atoms with Crippen molar-refractivity contribution in [2.24, 2.45) is 11.5 Å². The van der Waals surface area contributed by atoms with Gasteiger partial charge in [-0.15, -0.1) is 0 Å². The van der Waals surface area contributed by atoms with Crippen molar-refractivity contribution in [1.82, 2.24) is 0 Å². The lowest BCUT2D eigenvalue weighted by atomic mass is 10.1. The minimum absolute atomic E-state index is 0.112. The Labute approximate surface area is 89.4 Å². The van der Waals surface area contributed by atoms with Crippen LogP contribution in [0.1, 0.15) is 5.56 Å². The number of nitrogens with two attached hydrogens (primary N) is 2. The van der Waals surface area contributed by atoms with Crippen molar-refractivity contribution in [2.75, 3.05) is 0 Å². The molecule has 0 aliphatic rings. The predicted octanol–water partition coefficient (Wildman–Crippen LogP) is 0.943. The molecule has 0 spiro atoms. The monoisotopic (exact) mass is 260 g/mol. The number of carbonyl (C=O) groups is 1. The number of carbonyl (C=O) groups excluding carboxylic acids is 1. The molecular weight excluding hydrogens is 251 g/mol. The van der Waals surface area contributed by atoms with E-state index in [0.717, 1.165) is 4.47 Å². The van der Waals surface area contributed by atoms with Gasteiger partial charge in [-0.25, -0.2) is 4.39 Å². The van der Waals surface area contributed by atoms with Crippen LogP contribution >= 0.6 is 15.9 Å². The van der Waals surface area contributed by atoms with Gasteiger partial charge in [-0.2, -0.15) is 0 Å². The summed E-state index contributed by atoms with van der Waals surface area (Å²) in [5, 5.41) is 0. The predicted molar refractivity (Wildman–Crippen MR) is 55.0 cm³/mol. The van der Waals surface area contributed by atoms with Gasteiger partial charge in [-0.05, 0) is 30.2 Å². The Hall–Kier alpha value is -0.940. The largest absolute Gasteiger partial charge is 0.368 e. The van der Waals surface area contributed by atoms with Crippen LogP contribution in [0, 0.1) is 5.82 Å². The molecule has 14 heavy (non-hydrogen) atoms. The third-order valence-electron chi connectivity index (χ3n) is 1.81. The standard InChI is InChI=1S/C9H10BrFN2O/c10-6-1-2-7(11)5(3-6)4-8(12)9(13)14/h1-3,8H,4,12H2,(H2,13,14). The van der Waals surface area contributed by atoms with E-state index in [1.807, 2.05) is 0 Å². The lowest BCUT2D eigenvalue weighted by Gasteiger charge is -2.08. The molecule has 0 saturated carbocycles. The van der Waals surface area contributed by atoms with Crippen LogP contribution in [0.5, 0.6) is 0 Å². The van der Waals surface area contributed by atoms with Gasteiger partial charge in [-0.3, -0.25) is 4.79 Å². The normalized spacial score (nSPS) is 12.5. The molecule has 4 N–H and O–H groups in total. The molecule has 1 atom stereocenters. The van der Waals surface area contributed by atoms with Gasteiger partial charge < -0.3 is 11.5 Å². The summed E-state index contributed by atoms with van der Waals surface area (Å²) in [6.07, 6.45) is 0.112. The van der Waals surface area contributed by atoms with Crippen LogP contribution < -0.4 is 11.5 Å². The van der Waals surface area contributed by atoms with Gasteiger partial charge >= 0.3 is 0 Å². The molecule has 1 aromatic rings. The second kappa shape index (κ2) is 4.52. The summed E-state index contributed by atoms with van der Waals surface area (Å²) in [4.78, 5) is 10.7. The zero-order valence-corrected chi connectivity index (χ0v) is 8.92. The average Bonchev–Trinajstić information content (AvgIpc) is 2.11. The van der Waals surface area contributed by atoms with Crippen LogP contribution in [0.4, 0.5) is 4.39 Å². The molecule has 0 fully saturated rings. The Bertz CT molecular complexity index is 357. The summed E-state index contributed by atoms with van der Waals surface area (Å²) in [6, 6.07) is 3.62. The van der Waals surface area contributed by atoms with Crippen molar-refractivity contribution in [3.8, 4) is 0 Å². The Kier molecular flexibility index (Phi) is 3.60. The number of benzene rings is 1. The molecule has 1 amide bonds. The summed E-state index contributed by atoms with van der Waals surface area (Å²) >= 11 is 3.20. The van der Waals surface area contributed by atoms with Gasteiger partial charge in [0.2, 0.25) is 5.91 Å². The van der Waals surface area contributed by atoms with Crippen LogP contribution in [0.3, 0.4) is 0 Å². The maximum Gasteiger partial charge on any atom is 0.234 e. The van der Waals surface area contributed by atoms with Crippen LogP contribution in [0.15, 0.2) is 22.7 Å². The molecule has 1 unspecified atom stereocenters. The first-order valence-corrected chi connectivity index (χ1v) is 4.79. The van der Waals surface area contributed by atoms with E-state index in [2.05, 4.69) is 15.9 Å². The van der Waals surface area contributed by atoms with Crippen LogP contribution in [-0.4, -0.2) is 11.9 Å². The summed E-state index contributed by atoms with van der Waals surface area (Å²) in [7, 11) is 0. The minimum Gasteiger partial charge on any atom is -0.368 e. The highest BCUT2D eigenvalue weighted by Crippen LogP contribution is 2.16. The second-order valence-electron chi connectivity index (χ2n) is 2.95. The Morgan fingerprint density at radius 3 is 2.79 bits per heavy atom. The van der Waals surface area contributed by atoms with E-state index in [1.54, 1.807) is 12.1 Å². The molecule has 5 heteroatoms. The van der Waals surface area contributed by atoms with E-state index in [9.17, 15) is 9.18 Å². The molecular formula is C9H10BrFN2O. The van der Waals surface area contributed by atoms with Gasteiger partial charge in [0, 0.05) is 4.47 Å². The van der Waals surface area contributed by atoms with E-state index in [1.165, 1.54) is 6.07 Å². The van der Waals surface area contributed by atoms with Crippen LogP contribution in [0.25, 0.3) is 0 Å². The minimum atomic E-state index is -0.848. The first-order valence-electron chi connectivity index (χ1n) is 3.99. The van der Waals surface area contributed by atoms with Crippen LogP contribution in [-0.2, 0) is 11.2 Å². The summed E-state index contributed by atoms with van der Waals surface area (Å²) in [5.74, 6) is -1.02. The number of hydrogen-bond acceptors (Lipinski definition) is 2. The molecule has 1 aromatic carbocycles. The molecule has 3 nitrogen and oxygen atoms in total. The van der Waals surface area contributed by atoms with E-state index < -0.39 is 11.9 Å². The average molecular weight is 261 g/mol. The fourth-order valence-electron chi connectivity index (χ4n) is 1.04. The molecule has 0 aromatic heterocycles. The third-order valence-corrected chi connectivity index (χ3v) is 2.31. The molecule has 0 aliphatic heterocycles. The first-order chi connectivity index (χ1) is 6.50. The maximum absolute atomic E-state index is 13.2. The lowest BCUT2D eigenvalue weighted by molar-refractivity contribution is -0.119. The van der Waals surface area contributed by atoms with Crippen molar-refractivity contribution in [3.63, 3.8) is 0 Å². The number of rotatable bonds is 3. The number of amides is 1. The Morgan fingerprint density at radius 2 is 2.21 bits per heavy atom. The van der Waals surface area contributed by atoms with E-state index in [-0.39, 0.29) is 12.2 Å². The zero-order chi connectivity index (χ0) is 10.7. The number of hydrogen-bond donors (Lipinski definition) is 2. The number of primary amides is 1. The SMILES string of the molecule is NC(=O)C(N)Cc1cc(Br)ccc1F. The van der Waals surface area contributed by atoms with Crippen molar-refractivity contribution in [1.29, 1.82) is 0 Å². The van der Waals surface area contributed by atoms with E-state index >= 15 is 0 Å². The molecule has 0 bridgehead atoms. The zero-order valence-electron chi connectivity index (χ0n) is 7.34. The fourth-order valence-corrected chi connectivity index (χ4v) is 1.45. The molecule has 0 aliphatic carbocycles. The highest BCUT2D eigenvalue weighted by molar-refractivity contribution is 9.10. The van der Waals surface area contributed by atoms with Crippen molar-refractivity contribution >= 4 is 21.8 Å². The quantitative estimate of drug-likeness (QED) is 0.850. The van der Waals surface area contributed by atoms with Crippen molar-refractivity contribution < 1.29 is 9.18 Å². The summed E-state index contributed by atoms with van der Waals surface area (Å²) in [6.45, 7) is 0. The third kappa shape index (κ3) is 2.78.